The third-order valence-corrected chi connectivity index (χ3v) is 12.2. The summed E-state index contributed by atoms with van der Waals surface area (Å²) in [7, 11) is 0. The molecule has 0 atom stereocenters. The smallest absolute Gasteiger partial charge is 0.0566 e. The molecule has 320 valence electrons. The number of hydrogen-bond acceptors (Lipinski definition) is 3. The van der Waals surface area contributed by atoms with Crippen LogP contribution in [0, 0.1) is 5.41 Å². The number of unbranched alkanes of at least 4 members (excludes halogenated alkanes) is 38. The molecule has 0 aromatic heterocycles. The van der Waals surface area contributed by atoms with Gasteiger partial charge in [0.25, 0.3) is 0 Å². The molecule has 53 heavy (non-hydrogen) atoms. The molecule has 0 unspecified atom stereocenters. The van der Waals surface area contributed by atoms with E-state index in [-0.39, 0.29) is 12.0 Å². The van der Waals surface area contributed by atoms with Gasteiger partial charge >= 0.3 is 0 Å². The molecule has 0 aliphatic heterocycles. The van der Waals surface area contributed by atoms with Gasteiger partial charge in [0.15, 0.2) is 0 Å². The Bertz CT molecular complexity index is 582. The van der Waals surface area contributed by atoms with Crippen molar-refractivity contribution in [3.8, 4) is 0 Å². The van der Waals surface area contributed by atoms with Crippen LogP contribution in [-0.4, -0.2) is 38.1 Å². The molecule has 0 heterocycles. The normalized spacial score (nSPS) is 12.0. The van der Waals surface area contributed by atoms with Crippen LogP contribution in [0.1, 0.15) is 284 Å². The van der Waals surface area contributed by atoms with E-state index in [0.717, 1.165) is 32.5 Å². The summed E-state index contributed by atoms with van der Waals surface area (Å²) in [5.74, 6) is 0. The predicted octanol–water partition coefficient (Wildman–Crippen LogP) is 17.1. The summed E-state index contributed by atoms with van der Waals surface area (Å²) in [6.45, 7) is 9.81. The Hall–Kier alpha value is -0.120. The molecule has 0 aliphatic carbocycles. The highest BCUT2D eigenvalue weighted by atomic mass is 16.5. The quantitative estimate of drug-likeness (QED) is 0.0629. The van der Waals surface area contributed by atoms with Crippen molar-refractivity contribution in [2.24, 2.45) is 5.41 Å². The van der Waals surface area contributed by atoms with E-state index in [1.54, 1.807) is 0 Å². The maximum Gasteiger partial charge on any atom is 0.0566 e. The lowest BCUT2D eigenvalue weighted by Crippen LogP contribution is -2.36. The zero-order valence-corrected chi connectivity index (χ0v) is 37.3. The molecule has 1 N–H and O–H groups in total. The molecule has 0 aromatic rings. The largest absolute Gasteiger partial charge is 0.396 e. The van der Waals surface area contributed by atoms with Crippen LogP contribution in [0.5, 0.6) is 0 Å². The first-order valence-corrected chi connectivity index (χ1v) is 25.0. The lowest BCUT2D eigenvalue weighted by atomic mass is 9.88. The number of hydrogen-bond donors (Lipinski definition) is 1. The van der Waals surface area contributed by atoms with Gasteiger partial charge in [0.2, 0.25) is 0 Å². The van der Waals surface area contributed by atoms with Crippen LogP contribution in [0.15, 0.2) is 0 Å². The first-order valence-electron chi connectivity index (χ1n) is 25.0. The second kappa shape index (κ2) is 46.3. The van der Waals surface area contributed by atoms with Gasteiger partial charge in [-0.05, 0) is 19.3 Å². The Morgan fingerprint density at radius 3 is 0.642 bits per heavy atom. The number of rotatable bonds is 48. The summed E-state index contributed by atoms with van der Waals surface area (Å²) >= 11 is 0. The molecule has 0 radical (unpaired) electrons. The van der Waals surface area contributed by atoms with E-state index >= 15 is 0 Å². The van der Waals surface area contributed by atoms with Crippen molar-refractivity contribution in [1.29, 1.82) is 0 Å². The Kier molecular flexibility index (Phi) is 46.2. The van der Waals surface area contributed by atoms with Crippen LogP contribution in [0.4, 0.5) is 0 Å². The molecule has 0 aliphatic rings. The van der Waals surface area contributed by atoms with E-state index in [1.165, 1.54) is 244 Å². The van der Waals surface area contributed by atoms with Gasteiger partial charge in [-0.2, -0.15) is 0 Å². The second-order valence-corrected chi connectivity index (χ2v) is 17.6. The van der Waals surface area contributed by atoms with Gasteiger partial charge in [0.1, 0.15) is 0 Å². The molecule has 0 spiro atoms. The van der Waals surface area contributed by atoms with E-state index < -0.39 is 0 Å². The Balaban J connectivity index is 3.42. The van der Waals surface area contributed by atoms with Crippen molar-refractivity contribution in [3.63, 3.8) is 0 Å². The average molecular weight is 751 g/mol. The van der Waals surface area contributed by atoms with Gasteiger partial charge in [-0.3, -0.25) is 0 Å². The van der Waals surface area contributed by atoms with Gasteiger partial charge in [0.05, 0.1) is 19.8 Å². The molecule has 0 amide bonds. The molecule has 3 heteroatoms. The lowest BCUT2D eigenvalue weighted by Gasteiger charge is -2.30. The maximum atomic E-state index is 10.2. The molecule has 0 aromatic carbocycles. The van der Waals surface area contributed by atoms with E-state index in [9.17, 15) is 5.11 Å². The SMILES string of the molecule is CCCCCCCCCCCCCCCCCCCCCCOCC(CC)(CO)COCCCCCCCCCCCCCCCCCCCCCC. The highest BCUT2D eigenvalue weighted by molar-refractivity contribution is 4.76. The van der Waals surface area contributed by atoms with Gasteiger partial charge in [-0.15, -0.1) is 0 Å². The third-order valence-electron chi connectivity index (χ3n) is 12.2. The molecule has 0 rings (SSSR count). The van der Waals surface area contributed by atoms with E-state index in [0.29, 0.717) is 13.2 Å². The van der Waals surface area contributed by atoms with Crippen LogP contribution in [0.25, 0.3) is 0 Å². The Morgan fingerprint density at radius 2 is 0.472 bits per heavy atom. The number of aliphatic hydroxyl groups excluding tert-OH is 1. The van der Waals surface area contributed by atoms with E-state index in [1.807, 2.05) is 0 Å². The second-order valence-electron chi connectivity index (χ2n) is 17.6. The van der Waals surface area contributed by atoms with Crippen molar-refractivity contribution in [2.45, 2.75) is 284 Å². The third kappa shape index (κ3) is 41.3. The first kappa shape index (κ1) is 52.9. The molecule has 0 fully saturated rings. The summed E-state index contributed by atoms with van der Waals surface area (Å²) in [4.78, 5) is 0. The highest BCUT2D eigenvalue weighted by Crippen LogP contribution is 2.23. The standard InChI is InChI=1S/C50H102O3/c1-4-7-9-11-13-15-17-19-21-23-25-27-29-31-33-35-37-39-41-43-45-52-48-50(6-3,47-51)49-53-46-44-42-40-38-36-34-32-30-28-26-24-22-20-18-16-14-12-10-8-5-2/h51H,4-49H2,1-3H3. The van der Waals surface area contributed by atoms with Crippen molar-refractivity contribution >= 4 is 0 Å². The number of aliphatic hydroxyl groups is 1. The number of ether oxygens (including phenoxy) is 2. The van der Waals surface area contributed by atoms with Gasteiger partial charge in [-0.25, -0.2) is 0 Å². The van der Waals surface area contributed by atoms with Crippen molar-refractivity contribution < 1.29 is 14.6 Å². The minimum Gasteiger partial charge on any atom is -0.396 e. The minimum atomic E-state index is -0.235. The van der Waals surface area contributed by atoms with Crippen LogP contribution in [0.3, 0.4) is 0 Å². The molecule has 0 saturated carbocycles. The zero-order chi connectivity index (χ0) is 38.4. The summed E-state index contributed by atoms with van der Waals surface area (Å²) < 4.78 is 12.2. The summed E-state index contributed by atoms with van der Waals surface area (Å²) in [6.07, 6.45) is 57.4. The van der Waals surface area contributed by atoms with Crippen LogP contribution in [0.2, 0.25) is 0 Å². The van der Waals surface area contributed by atoms with E-state index in [4.69, 9.17) is 9.47 Å². The molecule has 3 nitrogen and oxygen atoms in total. The first-order chi connectivity index (χ1) is 26.2. The zero-order valence-electron chi connectivity index (χ0n) is 37.3. The predicted molar refractivity (Wildman–Crippen MR) is 237 cm³/mol. The summed E-state index contributed by atoms with van der Waals surface area (Å²) in [6, 6.07) is 0. The minimum absolute atomic E-state index is 0.155. The fourth-order valence-corrected chi connectivity index (χ4v) is 7.94. The topological polar surface area (TPSA) is 38.7 Å². The van der Waals surface area contributed by atoms with Crippen molar-refractivity contribution in [1.82, 2.24) is 0 Å². The van der Waals surface area contributed by atoms with Crippen LogP contribution in [-0.2, 0) is 9.47 Å². The summed E-state index contributed by atoms with van der Waals surface area (Å²) in [5, 5.41) is 10.2. The fourth-order valence-electron chi connectivity index (χ4n) is 7.94. The Labute approximate surface area is 336 Å². The van der Waals surface area contributed by atoms with Gasteiger partial charge < -0.3 is 14.6 Å². The van der Waals surface area contributed by atoms with Crippen molar-refractivity contribution in [2.75, 3.05) is 33.0 Å². The molecule has 0 saturated heterocycles. The molecular formula is C50H102O3. The van der Waals surface area contributed by atoms with Crippen LogP contribution >= 0.6 is 0 Å². The monoisotopic (exact) mass is 751 g/mol. The van der Waals surface area contributed by atoms with Gasteiger partial charge in [0, 0.05) is 18.6 Å². The molecular weight excluding hydrogens is 649 g/mol. The maximum absolute atomic E-state index is 10.2. The van der Waals surface area contributed by atoms with Crippen LogP contribution < -0.4 is 0 Å². The Morgan fingerprint density at radius 1 is 0.283 bits per heavy atom. The highest BCUT2D eigenvalue weighted by Gasteiger charge is 2.28. The fraction of sp³-hybridized carbons (Fsp3) is 1.00. The van der Waals surface area contributed by atoms with Gasteiger partial charge in [-0.1, -0.05) is 265 Å². The van der Waals surface area contributed by atoms with E-state index in [2.05, 4.69) is 20.8 Å². The summed E-state index contributed by atoms with van der Waals surface area (Å²) in [5.41, 5.74) is -0.235. The molecule has 0 bridgehead atoms. The average Bonchev–Trinajstić information content (AvgIpc) is 3.18. The van der Waals surface area contributed by atoms with Crippen molar-refractivity contribution in [3.05, 3.63) is 0 Å². The lowest BCUT2D eigenvalue weighted by molar-refractivity contribution is -0.0541.